The molecule has 1 aromatic heterocycles. The van der Waals surface area contributed by atoms with Crippen molar-refractivity contribution in [3.05, 3.63) is 108 Å². The lowest BCUT2D eigenvalue weighted by Gasteiger charge is -2.34. The number of carbonyl (C=O) groups is 1. The van der Waals surface area contributed by atoms with E-state index in [-0.39, 0.29) is 0 Å². The molecule has 1 fully saturated rings. The van der Waals surface area contributed by atoms with Gasteiger partial charge in [-0.05, 0) is 23.6 Å². The summed E-state index contributed by atoms with van der Waals surface area (Å²) in [6.07, 6.45) is 1.23. The Bertz CT molecular complexity index is 1170. The van der Waals surface area contributed by atoms with Crippen LogP contribution in [0, 0.1) is 0 Å². The average molecular weight is 398 g/mol. The maximum Gasteiger partial charge on any atom is 0.413 e. The highest BCUT2D eigenvalue weighted by atomic mass is 16.6. The number of H-pyrrole nitrogens is 1. The van der Waals surface area contributed by atoms with Crippen LogP contribution in [0.15, 0.2) is 91.1 Å². The molecule has 2 heterocycles. The van der Waals surface area contributed by atoms with E-state index in [1.54, 1.807) is 0 Å². The van der Waals surface area contributed by atoms with Crippen LogP contribution in [-0.2, 0) is 16.9 Å². The number of rotatable bonds is 5. The van der Waals surface area contributed by atoms with Crippen LogP contribution in [0.2, 0.25) is 0 Å². The molecule has 3 aromatic carbocycles. The minimum absolute atomic E-state index is 0.329. The minimum Gasteiger partial charge on any atom is -0.436 e. The minimum atomic E-state index is -1.59. The van der Waals surface area contributed by atoms with Gasteiger partial charge in [0.15, 0.2) is 6.10 Å². The van der Waals surface area contributed by atoms with Gasteiger partial charge >= 0.3 is 6.09 Å². The molecule has 5 nitrogen and oxygen atoms in total. The fraction of sp³-hybridized carbons (Fsp3) is 0.160. The number of ether oxygens (including phenoxy) is 1. The maximum atomic E-state index is 12.9. The van der Waals surface area contributed by atoms with Crippen LogP contribution in [0.3, 0.4) is 0 Å². The van der Waals surface area contributed by atoms with Crippen molar-refractivity contribution in [2.75, 3.05) is 6.54 Å². The number of hydrogen-bond donors (Lipinski definition) is 2. The molecule has 1 amide bonds. The monoisotopic (exact) mass is 398 g/mol. The summed E-state index contributed by atoms with van der Waals surface area (Å²) in [5, 5.41) is 13.0. The second-order valence-corrected chi connectivity index (χ2v) is 7.53. The Balaban J connectivity index is 1.51. The Morgan fingerprint density at radius 2 is 1.60 bits per heavy atom. The normalized spacial score (nSPS) is 21.2. The molecule has 2 atom stereocenters. The number of fused-ring (bicyclic) bond motifs is 1. The largest absolute Gasteiger partial charge is 0.436 e. The Morgan fingerprint density at radius 3 is 2.37 bits per heavy atom. The third-order valence-corrected chi connectivity index (χ3v) is 5.80. The van der Waals surface area contributed by atoms with Crippen molar-refractivity contribution in [2.24, 2.45) is 0 Å². The summed E-state index contributed by atoms with van der Waals surface area (Å²) in [7, 11) is 0. The van der Waals surface area contributed by atoms with Crippen LogP contribution in [0.5, 0.6) is 0 Å². The number of para-hydroxylation sites is 1. The first-order valence-electron chi connectivity index (χ1n) is 10.0. The highest BCUT2D eigenvalue weighted by Crippen LogP contribution is 2.46. The lowest BCUT2D eigenvalue weighted by molar-refractivity contribution is -0.109. The molecule has 0 unspecified atom stereocenters. The SMILES string of the molecule is O=C1O[C@H](c2ccccc2)[C@](O)(c2ccccc2)N1CCc1c[nH]c2ccccc12. The Kier molecular flexibility index (Phi) is 4.52. The zero-order chi connectivity index (χ0) is 20.6. The summed E-state index contributed by atoms with van der Waals surface area (Å²) in [5.41, 5.74) is 1.94. The van der Waals surface area contributed by atoms with E-state index in [2.05, 4.69) is 11.1 Å². The molecule has 150 valence electrons. The molecular formula is C25H22N2O3. The Labute approximate surface area is 174 Å². The quantitative estimate of drug-likeness (QED) is 0.510. The van der Waals surface area contributed by atoms with Gasteiger partial charge in [0, 0.05) is 29.2 Å². The van der Waals surface area contributed by atoms with Crippen molar-refractivity contribution >= 4 is 17.0 Å². The third-order valence-electron chi connectivity index (χ3n) is 5.80. The van der Waals surface area contributed by atoms with E-state index in [9.17, 15) is 9.90 Å². The summed E-state index contributed by atoms with van der Waals surface area (Å²) < 4.78 is 5.72. The van der Waals surface area contributed by atoms with Gasteiger partial charge < -0.3 is 14.8 Å². The van der Waals surface area contributed by atoms with Crippen LogP contribution < -0.4 is 0 Å². The summed E-state index contributed by atoms with van der Waals surface area (Å²) in [5.74, 6) is 0. The third kappa shape index (κ3) is 2.95. The number of nitrogens with one attached hydrogen (secondary N) is 1. The molecule has 0 saturated carbocycles. The van der Waals surface area contributed by atoms with E-state index in [1.807, 2.05) is 85.1 Å². The van der Waals surface area contributed by atoms with Crippen molar-refractivity contribution < 1.29 is 14.6 Å². The molecular weight excluding hydrogens is 376 g/mol. The van der Waals surface area contributed by atoms with Gasteiger partial charge in [0.05, 0.1) is 0 Å². The number of aromatic nitrogens is 1. The predicted octanol–water partition coefficient (Wildman–Crippen LogP) is 4.75. The maximum absolute atomic E-state index is 12.9. The van der Waals surface area contributed by atoms with E-state index in [1.165, 1.54) is 4.90 Å². The molecule has 30 heavy (non-hydrogen) atoms. The van der Waals surface area contributed by atoms with Crippen LogP contribution in [0.4, 0.5) is 4.79 Å². The molecule has 4 aromatic rings. The molecule has 2 N–H and O–H groups in total. The van der Waals surface area contributed by atoms with Crippen LogP contribution in [0.1, 0.15) is 22.8 Å². The van der Waals surface area contributed by atoms with E-state index >= 15 is 0 Å². The lowest BCUT2D eigenvalue weighted by atomic mass is 9.91. The van der Waals surface area contributed by atoms with Gasteiger partial charge in [0.25, 0.3) is 0 Å². The topological polar surface area (TPSA) is 65.6 Å². The second-order valence-electron chi connectivity index (χ2n) is 7.53. The smallest absolute Gasteiger partial charge is 0.413 e. The number of benzene rings is 3. The molecule has 5 rings (SSSR count). The van der Waals surface area contributed by atoms with Crippen molar-refractivity contribution in [3.63, 3.8) is 0 Å². The molecule has 0 spiro atoms. The Morgan fingerprint density at radius 1 is 0.933 bits per heavy atom. The number of hydrogen-bond acceptors (Lipinski definition) is 3. The molecule has 0 radical (unpaired) electrons. The molecule has 0 aliphatic carbocycles. The molecule has 5 heteroatoms. The number of aliphatic hydroxyl groups is 1. The number of carbonyl (C=O) groups excluding carboxylic acids is 1. The summed E-state index contributed by atoms with van der Waals surface area (Å²) in [4.78, 5) is 17.6. The predicted molar refractivity (Wildman–Crippen MR) is 115 cm³/mol. The number of aromatic amines is 1. The van der Waals surface area contributed by atoms with E-state index in [0.717, 1.165) is 22.0 Å². The highest BCUT2D eigenvalue weighted by molar-refractivity contribution is 5.83. The van der Waals surface area contributed by atoms with Crippen molar-refractivity contribution in [1.29, 1.82) is 0 Å². The van der Waals surface area contributed by atoms with E-state index < -0.39 is 17.9 Å². The van der Waals surface area contributed by atoms with Gasteiger partial charge in [-0.25, -0.2) is 4.79 Å². The van der Waals surface area contributed by atoms with Crippen LogP contribution in [-0.4, -0.2) is 27.6 Å². The number of nitrogens with zero attached hydrogens (tertiary/aromatic N) is 1. The second kappa shape index (κ2) is 7.35. The zero-order valence-electron chi connectivity index (χ0n) is 16.4. The molecule has 0 bridgehead atoms. The van der Waals surface area contributed by atoms with Gasteiger partial charge in [-0.15, -0.1) is 0 Å². The first-order valence-corrected chi connectivity index (χ1v) is 10.0. The lowest BCUT2D eigenvalue weighted by Crippen LogP contribution is -2.46. The number of cyclic esters (lactones) is 1. The van der Waals surface area contributed by atoms with Gasteiger partial charge in [-0.3, -0.25) is 4.90 Å². The molecule has 1 saturated heterocycles. The molecule has 1 aliphatic heterocycles. The fourth-order valence-electron chi connectivity index (χ4n) is 4.28. The standard InChI is InChI=1S/C25H22N2O3/c28-24-27(16-15-19-17-26-22-14-8-7-13-21(19)22)25(29,20-11-5-2-6-12-20)23(30-24)18-9-3-1-4-10-18/h1-14,17,23,26,29H,15-16H2/t23-,25-/m1/s1. The van der Waals surface area contributed by atoms with Crippen molar-refractivity contribution in [3.8, 4) is 0 Å². The number of amides is 1. The fourth-order valence-corrected chi connectivity index (χ4v) is 4.28. The van der Waals surface area contributed by atoms with Crippen LogP contribution >= 0.6 is 0 Å². The van der Waals surface area contributed by atoms with Crippen molar-refractivity contribution in [2.45, 2.75) is 18.2 Å². The highest BCUT2D eigenvalue weighted by Gasteiger charge is 2.55. The zero-order valence-corrected chi connectivity index (χ0v) is 16.4. The van der Waals surface area contributed by atoms with Crippen LogP contribution in [0.25, 0.3) is 10.9 Å². The van der Waals surface area contributed by atoms with Gasteiger partial charge in [-0.2, -0.15) is 0 Å². The van der Waals surface area contributed by atoms with Gasteiger partial charge in [-0.1, -0.05) is 78.9 Å². The van der Waals surface area contributed by atoms with E-state index in [4.69, 9.17) is 4.74 Å². The van der Waals surface area contributed by atoms with Gasteiger partial charge in [0.2, 0.25) is 5.72 Å². The van der Waals surface area contributed by atoms with E-state index in [0.29, 0.717) is 18.5 Å². The average Bonchev–Trinajstić information content (AvgIpc) is 3.32. The molecule has 1 aliphatic rings. The first-order chi connectivity index (χ1) is 14.7. The Hall–Kier alpha value is -3.57. The van der Waals surface area contributed by atoms with Gasteiger partial charge in [0.1, 0.15) is 0 Å². The van der Waals surface area contributed by atoms with Crippen molar-refractivity contribution in [1.82, 2.24) is 9.88 Å². The summed E-state index contributed by atoms with van der Waals surface area (Å²) in [6, 6.07) is 26.7. The summed E-state index contributed by atoms with van der Waals surface area (Å²) >= 11 is 0. The first kappa shape index (κ1) is 18.5. The summed E-state index contributed by atoms with van der Waals surface area (Å²) in [6.45, 7) is 0.329.